The van der Waals surface area contributed by atoms with Gasteiger partial charge in [-0.05, 0) is 80.8 Å². The smallest absolute Gasteiger partial charge is 0.350 e. The van der Waals surface area contributed by atoms with E-state index in [-0.39, 0.29) is 17.9 Å². The van der Waals surface area contributed by atoms with Gasteiger partial charge in [-0.3, -0.25) is 4.90 Å². The van der Waals surface area contributed by atoms with Crippen molar-refractivity contribution in [3.8, 4) is 0 Å². The van der Waals surface area contributed by atoms with Crippen molar-refractivity contribution >= 4 is 17.6 Å². The van der Waals surface area contributed by atoms with Crippen LogP contribution in [0.4, 0.5) is 14.9 Å². The second-order valence-corrected chi connectivity index (χ2v) is 11.2. The maximum absolute atomic E-state index is 14.3. The van der Waals surface area contributed by atoms with Crippen LogP contribution in [0.1, 0.15) is 70.5 Å². The first-order valence-electron chi connectivity index (χ1n) is 13.6. The molecule has 3 atom stereocenters. The Hall–Kier alpha value is -2.73. The van der Waals surface area contributed by atoms with E-state index >= 15 is 0 Å². The number of amides is 2. The highest BCUT2D eigenvalue weighted by atomic mass is 19.1. The average Bonchev–Trinajstić information content (AvgIpc) is 3.41. The number of nitrogens with zero attached hydrogens (tertiary/aromatic N) is 4. The number of amidine groups is 1. The van der Waals surface area contributed by atoms with Crippen molar-refractivity contribution < 1.29 is 9.18 Å². The second kappa shape index (κ2) is 9.97. The number of carbonyl (C=O) groups excluding carboxylic acids is 1. The minimum Gasteiger partial charge on any atom is -0.351 e. The van der Waals surface area contributed by atoms with Gasteiger partial charge in [0.15, 0.2) is 0 Å². The quantitative estimate of drug-likeness (QED) is 0.484. The standard InChI is InChI=1S/C30H39FN4O/c1-5-33-16-14-30(20-22(33)4)28(32-29(36)35(30)26-12-7-11-25(31)19-26)34-15-8-13-27(34)24-10-6-9-23(18-24)17-21(2)3/h6-7,9-12,18-19,21-22,27H,5,8,13-17,20H2,1-4H3/t22-,27?,30+/m0/s1. The van der Waals surface area contributed by atoms with Crippen molar-refractivity contribution in [2.75, 3.05) is 24.5 Å². The molecule has 3 heterocycles. The number of piperidine rings is 1. The minimum absolute atomic E-state index is 0.201. The summed E-state index contributed by atoms with van der Waals surface area (Å²) in [4.78, 5) is 25.0. The van der Waals surface area contributed by atoms with Crippen molar-refractivity contribution in [3.05, 3.63) is 65.5 Å². The Labute approximate surface area is 215 Å². The van der Waals surface area contributed by atoms with Crippen LogP contribution < -0.4 is 4.90 Å². The second-order valence-electron chi connectivity index (χ2n) is 11.2. The van der Waals surface area contributed by atoms with Crippen LogP contribution in [0, 0.1) is 11.7 Å². The van der Waals surface area contributed by atoms with E-state index in [1.54, 1.807) is 11.0 Å². The molecule has 0 saturated carbocycles. The third-order valence-electron chi connectivity index (χ3n) is 8.28. The fourth-order valence-electron chi connectivity index (χ4n) is 6.74. The Morgan fingerprint density at radius 2 is 1.94 bits per heavy atom. The fourth-order valence-corrected chi connectivity index (χ4v) is 6.74. The highest BCUT2D eigenvalue weighted by Gasteiger charge is 2.56. The van der Waals surface area contributed by atoms with Crippen molar-refractivity contribution in [1.29, 1.82) is 0 Å². The molecule has 2 fully saturated rings. The van der Waals surface area contributed by atoms with E-state index in [1.165, 1.54) is 23.3 Å². The molecule has 0 N–H and O–H groups in total. The number of hydrogen-bond donors (Lipinski definition) is 0. The van der Waals surface area contributed by atoms with E-state index in [0.29, 0.717) is 17.6 Å². The van der Waals surface area contributed by atoms with E-state index in [0.717, 1.165) is 57.6 Å². The van der Waals surface area contributed by atoms with Crippen LogP contribution in [0.25, 0.3) is 0 Å². The molecule has 2 aromatic carbocycles. The van der Waals surface area contributed by atoms with Crippen LogP contribution in [0.2, 0.25) is 0 Å². The van der Waals surface area contributed by atoms with Crippen molar-refractivity contribution in [1.82, 2.24) is 9.80 Å². The Bertz CT molecular complexity index is 1150. The highest BCUT2D eigenvalue weighted by Crippen LogP contribution is 2.45. The first-order valence-corrected chi connectivity index (χ1v) is 13.6. The van der Waals surface area contributed by atoms with E-state index in [9.17, 15) is 9.18 Å². The lowest BCUT2D eigenvalue weighted by atomic mass is 9.80. The SMILES string of the molecule is CCN1CC[C@@]2(C[C@@H]1C)C(N1CCCC1c1cccc(CC(C)C)c1)=NC(=O)N2c1cccc(F)c1. The number of benzene rings is 2. The molecule has 3 aliphatic heterocycles. The van der Waals surface area contributed by atoms with Crippen molar-refractivity contribution in [2.24, 2.45) is 10.9 Å². The molecule has 6 heteroatoms. The topological polar surface area (TPSA) is 39.1 Å². The first kappa shape index (κ1) is 24.9. The largest absolute Gasteiger partial charge is 0.351 e. The number of likely N-dealkylation sites (tertiary alicyclic amines) is 2. The molecule has 2 amide bonds. The van der Waals surface area contributed by atoms with Gasteiger partial charge in [0.2, 0.25) is 0 Å². The predicted octanol–water partition coefficient (Wildman–Crippen LogP) is 6.44. The number of rotatable bonds is 5. The Balaban J connectivity index is 1.55. The molecular formula is C30H39FN4O. The van der Waals surface area contributed by atoms with Crippen LogP contribution in [-0.2, 0) is 6.42 Å². The maximum atomic E-state index is 14.3. The lowest BCUT2D eigenvalue weighted by molar-refractivity contribution is 0.132. The van der Waals surface area contributed by atoms with Crippen LogP contribution in [0.3, 0.4) is 0 Å². The van der Waals surface area contributed by atoms with Gasteiger partial charge in [0.1, 0.15) is 17.2 Å². The molecule has 192 valence electrons. The third-order valence-corrected chi connectivity index (χ3v) is 8.28. The zero-order chi connectivity index (χ0) is 25.4. The zero-order valence-corrected chi connectivity index (χ0v) is 22.1. The number of hydrogen-bond acceptors (Lipinski definition) is 3. The molecule has 5 nitrogen and oxygen atoms in total. The molecule has 0 aromatic heterocycles. The van der Waals surface area contributed by atoms with Gasteiger partial charge in [-0.15, -0.1) is 0 Å². The normalized spacial score (nSPS) is 26.9. The zero-order valence-electron chi connectivity index (χ0n) is 22.1. The highest BCUT2D eigenvalue weighted by molar-refractivity contribution is 6.16. The summed E-state index contributed by atoms with van der Waals surface area (Å²) in [5.41, 5.74) is 2.71. The Kier molecular flexibility index (Phi) is 6.90. The summed E-state index contributed by atoms with van der Waals surface area (Å²) in [6.45, 7) is 11.7. The van der Waals surface area contributed by atoms with Gasteiger partial charge in [0.25, 0.3) is 0 Å². The molecule has 3 aliphatic rings. The third kappa shape index (κ3) is 4.45. The van der Waals surface area contributed by atoms with Gasteiger partial charge in [-0.1, -0.05) is 51.1 Å². The number of carbonyl (C=O) groups is 1. The number of aliphatic imine (C=N–C) groups is 1. The summed E-state index contributed by atoms with van der Waals surface area (Å²) in [7, 11) is 0. The van der Waals surface area contributed by atoms with E-state index < -0.39 is 5.54 Å². The summed E-state index contributed by atoms with van der Waals surface area (Å²) >= 11 is 0. The van der Waals surface area contributed by atoms with Crippen LogP contribution in [0.15, 0.2) is 53.5 Å². The summed E-state index contributed by atoms with van der Waals surface area (Å²) in [6, 6.07) is 15.6. The lowest BCUT2D eigenvalue weighted by Gasteiger charge is -2.50. The molecule has 36 heavy (non-hydrogen) atoms. The molecule has 0 radical (unpaired) electrons. The van der Waals surface area contributed by atoms with Gasteiger partial charge in [0.05, 0.1) is 6.04 Å². The summed E-state index contributed by atoms with van der Waals surface area (Å²) < 4.78 is 14.3. The first-order chi connectivity index (χ1) is 17.3. The van der Waals surface area contributed by atoms with Gasteiger partial charge in [-0.25, -0.2) is 9.18 Å². The summed E-state index contributed by atoms with van der Waals surface area (Å²) in [5.74, 6) is 1.16. The molecule has 0 aliphatic carbocycles. The molecule has 1 spiro atoms. The summed E-state index contributed by atoms with van der Waals surface area (Å²) in [6.07, 6.45) is 4.76. The number of anilines is 1. The van der Waals surface area contributed by atoms with E-state index in [4.69, 9.17) is 4.99 Å². The van der Waals surface area contributed by atoms with Gasteiger partial charge < -0.3 is 9.80 Å². The van der Waals surface area contributed by atoms with Gasteiger partial charge in [-0.2, -0.15) is 4.99 Å². The van der Waals surface area contributed by atoms with Gasteiger partial charge >= 0.3 is 6.03 Å². The Morgan fingerprint density at radius 1 is 1.14 bits per heavy atom. The predicted molar refractivity (Wildman–Crippen MR) is 144 cm³/mol. The van der Waals surface area contributed by atoms with Gasteiger partial charge in [0, 0.05) is 24.8 Å². The summed E-state index contributed by atoms with van der Waals surface area (Å²) in [5, 5.41) is 0. The molecule has 0 bridgehead atoms. The minimum atomic E-state index is -0.561. The van der Waals surface area contributed by atoms with Crippen LogP contribution in [-0.4, -0.2) is 52.9 Å². The van der Waals surface area contributed by atoms with E-state index in [2.05, 4.69) is 61.8 Å². The van der Waals surface area contributed by atoms with E-state index in [1.807, 2.05) is 6.07 Å². The average molecular weight is 491 g/mol. The number of urea groups is 1. The van der Waals surface area contributed by atoms with Crippen molar-refractivity contribution in [2.45, 2.75) is 77.4 Å². The fraction of sp³-hybridized carbons (Fsp3) is 0.533. The van der Waals surface area contributed by atoms with Crippen LogP contribution in [0.5, 0.6) is 0 Å². The molecular weight excluding hydrogens is 451 g/mol. The lowest BCUT2D eigenvalue weighted by Crippen LogP contribution is -2.63. The molecule has 2 aromatic rings. The molecule has 1 unspecified atom stereocenters. The molecule has 2 saturated heterocycles. The number of halogens is 1. The Morgan fingerprint density at radius 3 is 2.67 bits per heavy atom. The maximum Gasteiger partial charge on any atom is 0.350 e. The molecule has 5 rings (SSSR count). The van der Waals surface area contributed by atoms with Crippen LogP contribution >= 0.6 is 0 Å². The van der Waals surface area contributed by atoms with Crippen molar-refractivity contribution in [3.63, 3.8) is 0 Å². The monoisotopic (exact) mass is 490 g/mol.